The van der Waals surface area contributed by atoms with Gasteiger partial charge in [0.05, 0.1) is 16.2 Å². The van der Waals surface area contributed by atoms with Gasteiger partial charge in [-0.05, 0) is 25.8 Å². The Bertz CT molecular complexity index is 902. The van der Waals surface area contributed by atoms with Crippen molar-refractivity contribution in [3.8, 4) is 0 Å². The molecule has 0 aliphatic carbocycles. The molecule has 2 N–H and O–H groups in total. The van der Waals surface area contributed by atoms with E-state index >= 15 is 0 Å². The summed E-state index contributed by atoms with van der Waals surface area (Å²) in [6.45, 7) is 2.85. The molecular formula is C18H21N5O5. The normalized spacial score (nSPS) is 14.6. The number of nitro groups is 1. The van der Waals surface area contributed by atoms with Gasteiger partial charge in [-0.15, -0.1) is 0 Å². The Hall–Kier alpha value is -3.43. The zero-order chi connectivity index (χ0) is 20.3. The SMILES string of the molecule is CNC(=O)c1cc([N+](=O)[O-])ccc1N1CCC(C(=O)Nc2cc(C)on2)CC1. The Labute approximate surface area is 161 Å². The monoisotopic (exact) mass is 387 g/mol. The van der Waals surface area contributed by atoms with Crippen LogP contribution in [0, 0.1) is 23.0 Å². The molecule has 1 saturated heterocycles. The second kappa shape index (κ2) is 8.07. The zero-order valence-electron chi connectivity index (χ0n) is 15.6. The Balaban J connectivity index is 1.69. The maximum absolute atomic E-state index is 12.4. The van der Waals surface area contributed by atoms with Gasteiger partial charge < -0.3 is 20.1 Å². The van der Waals surface area contributed by atoms with E-state index in [1.165, 1.54) is 19.2 Å². The quantitative estimate of drug-likeness (QED) is 0.593. The van der Waals surface area contributed by atoms with Crippen LogP contribution in [-0.4, -0.2) is 42.0 Å². The molecule has 1 aromatic heterocycles. The molecule has 2 heterocycles. The largest absolute Gasteiger partial charge is 0.371 e. The summed E-state index contributed by atoms with van der Waals surface area (Å²) >= 11 is 0. The fourth-order valence-corrected chi connectivity index (χ4v) is 3.27. The lowest BCUT2D eigenvalue weighted by Gasteiger charge is -2.33. The molecule has 1 aliphatic rings. The molecule has 10 nitrogen and oxygen atoms in total. The minimum absolute atomic E-state index is 0.122. The number of aromatic nitrogens is 1. The van der Waals surface area contributed by atoms with E-state index in [4.69, 9.17) is 4.52 Å². The molecule has 1 fully saturated rings. The molecule has 0 atom stereocenters. The molecule has 3 rings (SSSR count). The van der Waals surface area contributed by atoms with E-state index in [0.29, 0.717) is 43.2 Å². The summed E-state index contributed by atoms with van der Waals surface area (Å²) in [5.41, 5.74) is 0.730. The van der Waals surface area contributed by atoms with Crippen LogP contribution in [0.25, 0.3) is 0 Å². The number of hydrogen-bond acceptors (Lipinski definition) is 7. The molecule has 0 spiro atoms. The van der Waals surface area contributed by atoms with E-state index in [1.54, 1.807) is 19.1 Å². The van der Waals surface area contributed by atoms with Crippen LogP contribution in [0.3, 0.4) is 0 Å². The predicted octanol–water partition coefficient (Wildman–Crippen LogP) is 2.11. The van der Waals surface area contributed by atoms with Gasteiger partial charge in [-0.3, -0.25) is 19.7 Å². The number of nitro benzene ring substituents is 1. The average molecular weight is 387 g/mol. The molecule has 1 aliphatic heterocycles. The maximum Gasteiger partial charge on any atom is 0.270 e. The first-order chi connectivity index (χ1) is 13.4. The highest BCUT2D eigenvalue weighted by molar-refractivity contribution is 6.00. The Kier molecular flexibility index (Phi) is 5.57. The molecule has 2 amide bonds. The van der Waals surface area contributed by atoms with Crippen molar-refractivity contribution in [2.45, 2.75) is 19.8 Å². The van der Waals surface area contributed by atoms with Crippen LogP contribution in [0.1, 0.15) is 29.0 Å². The number of non-ortho nitro benzene ring substituents is 1. The predicted molar refractivity (Wildman–Crippen MR) is 101 cm³/mol. The van der Waals surface area contributed by atoms with Crippen LogP contribution in [0.15, 0.2) is 28.8 Å². The second-order valence-electron chi connectivity index (χ2n) is 6.61. The number of carbonyl (C=O) groups is 2. The molecule has 2 aromatic rings. The van der Waals surface area contributed by atoms with E-state index in [-0.39, 0.29) is 29.0 Å². The highest BCUT2D eigenvalue weighted by Gasteiger charge is 2.28. The summed E-state index contributed by atoms with van der Waals surface area (Å²) in [6, 6.07) is 5.90. The second-order valence-corrected chi connectivity index (χ2v) is 6.61. The highest BCUT2D eigenvalue weighted by Crippen LogP contribution is 2.30. The number of hydrogen-bond donors (Lipinski definition) is 2. The van der Waals surface area contributed by atoms with Crippen LogP contribution >= 0.6 is 0 Å². The van der Waals surface area contributed by atoms with Crippen molar-refractivity contribution in [2.24, 2.45) is 5.92 Å². The van der Waals surface area contributed by atoms with Gasteiger partial charge >= 0.3 is 0 Å². The number of anilines is 2. The molecule has 10 heteroatoms. The first-order valence-corrected chi connectivity index (χ1v) is 8.88. The van der Waals surface area contributed by atoms with Crippen molar-refractivity contribution in [3.05, 3.63) is 45.7 Å². The van der Waals surface area contributed by atoms with Gasteiger partial charge in [0.2, 0.25) is 5.91 Å². The first kappa shape index (κ1) is 19.3. The smallest absolute Gasteiger partial charge is 0.270 e. The molecule has 0 bridgehead atoms. The standard InChI is InChI=1S/C18H21N5O5/c1-11-9-16(21-28-11)20-17(24)12-5-7-22(8-6-12)15-4-3-13(23(26)27)10-14(15)18(25)19-2/h3-4,9-10,12H,5-8H2,1-2H3,(H,19,25)(H,20,21,24). The lowest BCUT2D eigenvalue weighted by atomic mass is 9.95. The van der Waals surface area contributed by atoms with Crippen molar-refractivity contribution in [3.63, 3.8) is 0 Å². The lowest BCUT2D eigenvalue weighted by Crippen LogP contribution is -2.39. The molecular weight excluding hydrogens is 366 g/mol. The minimum Gasteiger partial charge on any atom is -0.371 e. The number of nitrogens with one attached hydrogen (secondary N) is 2. The summed E-state index contributed by atoms with van der Waals surface area (Å²) in [7, 11) is 1.48. The number of benzene rings is 1. The van der Waals surface area contributed by atoms with Gasteiger partial charge in [0, 0.05) is 44.3 Å². The van der Waals surface area contributed by atoms with E-state index in [0.717, 1.165) is 0 Å². The third-order valence-electron chi connectivity index (χ3n) is 4.75. The Morgan fingerprint density at radius 3 is 2.57 bits per heavy atom. The topological polar surface area (TPSA) is 131 Å². The molecule has 0 saturated carbocycles. The summed E-state index contributed by atoms with van der Waals surface area (Å²) in [5, 5.41) is 20.0. The van der Waals surface area contributed by atoms with Crippen molar-refractivity contribution in [1.29, 1.82) is 0 Å². The zero-order valence-corrected chi connectivity index (χ0v) is 15.6. The number of piperidine rings is 1. The van der Waals surface area contributed by atoms with Gasteiger partial charge in [0.15, 0.2) is 5.82 Å². The van der Waals surface area contributed by atoms with E-state index in [9.17, 15) is 19.7 Å². The fourth-order valence-electron chi connectivity index (χ4n) is 3.27. The van der Waals surface area contributed by atoms with Crippen LogP contribution in [-0.2, 0) is 4.79 Å². The number of aryl methyl sites for hydroxylation is 1. The number of carbonyl (C=O) groups excluding carboxylic acids is 2. The minimum atomic E-state index is -0.529. The van der Waals surface area contributed by atoms with Gasteiger partial charge in [-0.25, -0.2) is 0 Å². The van der Waals surface area contributed by atoms with Gasteiger partial charge in [0.25, 0.3) is 11.6 Å². The van der Waals surface area contributed by atoms with E-state index in [1.807, 2.05) is 4.90 Å². The van der Waals surface area contributed by atoms with Crippen LogP contribution in [0.2, 0.25) is 0 Å². The van der Waals surface area contributed by atoms with Crippen molar-refractivity contribution in [2.75, 3.05) is 30.4 Å². The summed E-state index contributed by atoms with van der Waals surface area (Å²) in [5.74, 6) is 0.310. The number of amides is 2. The van der Waals surface area contributed by atoms with Crippen LogP contribution in [0.4, 0.5) is 17.2 Å². The summed E-state index contributed by atoms with van der Waals surface area (Å²) < 4.78 is 4.94. The molecule has 1 aromatic carbocycles. The molecule has 28 heavy (non-hydrogen) atoms. The van der Waals surface area contributed by atoms with E-state index in [2.05, 4.69) is 15.8 Å². The van der Waals surface area contributed by atoms with Gasteiger partial charge in [-0.1, -0.05) is 5.16 Å². The van der Waals surface area contributed by atoms with Crippen molar-refractivity contribution >= 4 is 29.0 Å². The Morgan fingerprint density at radius 1 is 1.29 bits per heavy atom. The van der Waals surface area contributed by atoms with Crippen molar-refractivity contribution in [1.82, 2.24) is 10.5 Å². The van der Waals surface area contributed by atoms with E-state index < -0.39 is 4.92 Å². The number of nitrogens with zero attached hydrogens (tertiary/aromatic N) is 3. The van der Waals surface area contributed by atoms with Gasteiger partial charge in [0.1, 0.15) is 5.76 Å². The lowest BCUT2D eigenvalue weighted by molar-refractivity contribution is -0.384. The maximum atomic E-state index is 12.4. The first-order valence-electron chi connectivity index (χ1n) is 8.88. The third-order valence-corrected chi connectivity index (χ3v) is 4.75. The molecule has 0 radical (unpaired) electrons. The van der Waals surface area contributed by atoms with Crippen LogP contribution < -0.4 is 15.5 Å². The summed E-state index contributed by atoms with van der Waals surface area (Å²) in [6.07, 6.45) is 1.18. The number of rotatable bonds is 5. The fraction of sp³-hybridized carbons (Fsp3) is 0.389. The average Bonchev–Trinajstić information content (AvgIpc) is 3.11. The van der Waals surface area contributed by atoms with Crippen LogP contribution in [0.5, 0.6) is 0 Å². The van der Waals surface area contributed by atoms with Gasteiger partial charge in [-0.2, -0.15) is 0 Å². The molecule has 0 unspecified atom stereocenters. The third kappa shape index (κ3) is 4.11. The highest BCUT2D eigenvalue weighted by atomic mass is 16.6. The Morgan fingerprint density at radius 2 is 2.00 bits per heavy atom. The summed E-state index contributed by atoms with van der Waals surface area (Å²) in [4.78, 5) is 37.1. The molecule has 148 valence electrons. The van der Waals surface area contributed by atoms with Crippen molar-refractivity contribution < 1.29 is 19.0 Å².